The monoisotopic (exact) mass is 1850 g/mol. The fourth-order valence-corrected chi connectivity index (χ4v) is 15.9. The van der Waals surface area contributed by atoms with Crippen LogP contribution in [0.25, 0.3) is 218 Å². The number of pyridine rings is 9. The third-order valence-corrected chi connectivity index (χ3v) is 22.9. The summed E-state index contributed by atoms with van der Waals surface area (Å²) in [4.78, 5) is 93.9. The molecule has 12 aromatic heterocycles. The van der Waals surface area contributed by atoms with Gasteiger partial charge in [0.25, 0.3) is 0 Å². The molecule has 21 aromatic rings. The second kappa shape index (κ2) is 42.1. The zero-order chi connectivity index (χ0) is 98.6. The molecule has 0 aliphatic carbocycles. The van der Waals surface area contributed by atoms with Gasteiger partial charge in [-0.1, -0.05) is 194 Å². The largest absolute Gasteiger partial charge is 0.276 e. The Morgan fingerprint density at radius 2 is 0.486 bits per heavy atom. The highest BCUT2D eigenvalue weighted by Crippen LogP contribution is 2.40. The van der Waals surface area contributed by atoms with Gasteiger partial charge in [0.2, 0.25) is 11.4 Å². The maximum Gasteiger partial charge on any atom is 0.212 e. The SMILES string of the molecule is [C-]#[N+]c1cccnc1-c1cccc(-c2nc(-c3cccc(-c4ncccc4C#N)c3)nc(-c3cccc(-c4ncccc4C#N)c3)n2)c1.[C-]#[N+]c1ccnc(-c2cccc(-c3nc(-c4cccc(-c5cc(C#N)ccn5)c4)nc(-c4cccc(-c5cc(C#N)ccn5)c4)n3)c2)c1.[C-]#[N+]c1cnccc1-c1ccc(-c2nc(-c3ccc(-c4ccncc4C#N)cc3)nc(-c3ccc(-c4ccncc4C#N)cc3)n2)cc1. The molecule has 12 heterocycles. The first kappa shape index (κ1) is 90.9. The highest BCUT2D eigenvalue weighted by molar-refractivity contribution is 5.85. The minimum Gasteiger partial charge on any atom is -0.276 e. The Kier molecular flexibility index (Phi) is 26.6. The van der Waals surface area contributed by atoms with Gasteiger partial charge < -0.3 is 0 Å². The summed E-state index contributed by atoms with van der Waals surface area (Å²) in [5.41, 5.74) is 24.4. The summed E-state index contributed by atoms with van der Waals surface area (Å²) in [6.45, 7) is 22.5. The lowest BCUT2D eigenvalue weighted by atomic mass is 10.0. The maximum atomic E-state index is 9.70. The van der Waals surface area contributed by atoms with Crippen LogP contribution in [0.2, 0.25) is 0 Å². The normalized spacial score (nSPS) is 10.4. The second-order valence-electron chi connectivity index (χ2n) is 31.8. The van der Waals surface area contributed by atoms with Crippen LogP contribution in [0.1, 0.15) is 33.4 Å². The summed E-state index contributed by atoms with van der Waals surface area (Å²) >= 11 is 0. The zero-order valence-electron chi connectivity index (χ0n) is 75.4. The first-order valence-corrected chi connectivity index (χ1v) is 44.2. The van der Waals surface area contributed by atoms with Crippen LogP contribution in [-0.2, 0) is 0 Å². The average molecular weight is 1850 g/mol. The van der Waals surface area contributed by atoms with Gasteiger partial charge in [-0.15, -0.1) is 0 Å². The summed E-state index contributed by atoms with van der Waals surface area (Å²) < 4.78 is 0. The van der Waals surface area contributed by atoms with Crippen molar-refractivity contribution in [3.8, 4) is 240 Å². The lowest BCUT2D eigenvalue weighted by Gasteiger charge is -2.11. The molecule has 0 aliphatic rings. The van der Waals surface area contributed by atoms with Crippen LogP contribution in [0.15, 0.2) is 384 Å². The molecule has 0 spiro atoms. The summed E-state index contributed by atoms with van der Waals surface area (Å²) in [6, 6.07) is 108. The lowest BCUT2D eigenvalue weighted by Crippen LogP contribution is -2.01. The molecule has 144 heavy (non-hydrogen) atoms. The summed E-state index contributed by atoms with van der Waals surface area (Å²) in [7, 11) is 0. The van der Waals surface area contributed by atoms with Gasteiger partial charge in [-0.25, -0.2) is 59.4 Å². The van der Waals surface area contributed by atoms with E-state index >= 15 is 0 Å². The maximum absolute atomic E-state index is 9.70. The van der Waals surface area contributed by atoms with Gasteiger partial charge in [0.1, 0.15) is 24.3 Å². The molecule has 0 saturated carbocycles. The van der Waals surface area contributed by atoms with E-state index in [9.17, 15) is 31.6 Å². The van der Waals surface area contributed by atoms with Crippen LogP contribution in [0.4, 0.5) is 17.1 Å². The molecule has 21 rings (SSSR count). The van der Waals surface area contributed by atoms with Crippen molar-refractivity contribution in [1.29, 1.82) is 31.6 Å². The fraction of sp³-hybridized carbons (Fsp3) is 0. The first-order valence-electron chi connectivity index (χ1n) is 44.2. The Balaban J connectivity index is 0.000000137. The van der Waals surface area contributed by atoms with Crippen molar-refractivity contribution >= 4 is 17.1 Å². The van der Waals surface area contributed by atoms with Crippen LogP contribution >= 0.6 is 0 Å². The number of nitrogens with zero attached hydrogens (tertiary/aromatic N) is 27. The van der Waals surface area contributed by atoms with Crippen LogP contribution in [-0.4, -0.2) is 89.7 Å². The van der Waals surface area contributed by atoms with Gasteiger partial charge in [-0.3, -0.25) is 44.9 Å². The molecule has 666 valence electrons. The van der Waals surface area contributed by atoms with Gasteiger partial charge >= 0.3 is 0 Å². The number of hydrogen-bond acceptors (Lipinski definition) is 24. The zero-order valence-corrected chi connectivity index (χ0v) is 75.4. The molecular weight excluding hydrogens is 1780 g/mol. The van der Waals surface area contributed by atoms with Crippen molar-refractivity contribution in [1.82, 2.24) is 89.7 Å². The topological polar surface area (TPSA) is 388 Å². The quantitative estimate of drug-likeness (QED) is 0.0720. The molecule has 0 saturated heterocycles. The van der Waals surface area contributed by atoms with Crippen LogP contribution in [0.3, 0.4) is 0 Å². The van der Waals surface area contributed by atoms with E-state index in [0.29, 0.717) is 154 Å². The van der Waals surface area contributed by atoms with Crippen molar-refractivity contribution in [2.45, 2.75) is 0 Å². The molecule has 0 unspecified atom stereocenters. The fourth-order valence-electron chi connectivity index (χ4n) is 15.9. The number of nitriles is 6. The molecule has 0 amide bonds. The van der Waals surface area contributed by atoms with E-state index in [2.05, 4.69) is 95.8 Å². The Labute approximate surface area is 824 Å². The Hall–Kier alpha value is -22.2. The molecular formula is C117H63N27. The standard InChI is InChI=1S/3C39H21N9/c1-42-36-24-45-19-16-35(36)27-6-12-30(13-7-27)39-47-37(28-8-2-25(3-9-28)33-14-17-43-22-31(33)20-40)46-38(48-39)29-10-4-26(5-11-29)34-15-18-44-23-32(34)21-41;1-42-33-16-7-19-45-36(33)27-10-4-13-30(22-27)39-47-37(28-11-2-8-25(20-28)34-31(23-40)14-5-17-43-34)46-38(48-39)29-12-3-9-26(21-29)35-32(24-41)15-6-18-44-35;1-42-33-13-16-45-36(22-33)29-7-4-10-32(21-29)39-47-37(30-8-2-5-27(19-30)34-17-25(23-40)11-14-43-34)46-38(48-39)31-9-3-6-28(20-31)35-18-26(24-41)12-15-44-35/h2-19,22-24H;2*2-22H. The number of hydrogen-bond donors (Lipinski definition) is 0. The molecule has 27 nitrogen and oxygen atoms in total. The number of rotatable bonds is 18. The minimum absolute atomic E-state index is 0.414. The van der Waals surface area contributed by atoms with Crippen LogP contribution in [0.5, 0.6) is 0 Å². The van der Waals surface area contributed by atoms with Gasteiger partial charge in [-0.2, -0.15) is 31.6 Å². The molecule has 0 fully saturated rings. The van der Waals surface area contributed by atoms with E-state index in [1.54, 1.807) is 147 Å². The molecule has 0 radical (unpaired) electrons. The van der Waals surface area contributed by atoms with E-state index < -0.39 is 0 Å². The predicted molar refractivity (Wildman–Crippen MR) is 545 cm³/mol. The van der Waals surface area contributed by atoms with E-state index in [4.69, 9.17) is 64.6 Å². The lowest BCUT2D eigenvalue weighted by molar-refractivity contribution is 1.07. The van der Waals surface area contributed by atoms with Crippen molar-refractivity contribution in [3.63, 3.8) is 0 Å². The average Bonchev–Trinajstić information content (AvgIpc) is 0.787. The molecule has 9 aromatic carbocycles. The van der Waals surface area contributed by atoms with E-state index in [1.807, 2.05) is 237 Å². The van der Waals surface area contributed by atoms with Crippen LogP contribution < -0.4 is 0 Å². The Bertz CT molecular complexity index is 8140. The molecule has 0 bridgehead atoms. The first-order chi connectivity index (χ1) is 70.9. The Morgan fingerprint density at radius 1 is 0.194 bits per heavy atom. The van der Waals surface area contributed by atoms with Gasteiger partial charge in [0.05, 0.1) is 99.4 Å². The van der Waals surface area contributed by atoms with Crippen molar-refractivity contribution in [2.75, 3.05) is 0 Å². The van der Waals surface area contributed by atoms with Gasteiger partial charge in [0.15, 0.2) is 58.1 Å². The second-order valence-corrected chi connectivity index (χ2v) is 31.8. The summed E-state index contributed by atoms with van der Waals surface area (Å²) in [5.74, 6) is 4.03. The molecule has 0 atom stereocenters. The summed E-state index contributed by atoms with van der Waals surface area (Å²) in [6.07, 6.45) is 19.5. The highest BCUT2D eigenvalue weighted by Gasteiger charge is 2.23. The third kappa shape index (κ3) is 20.1. The number of aromatic nitrogens is 18. The van der Waals surface area contributed by atoms with Gasteiger partial charge in [0, 0.05) is 158 Å². The van der Waals surface area contributed by atoms with E-state index in [0.717, 1.165) is 100 Å². The minimum atomic E-state index is 0.414. The Morgan fingerprint density at radius 3 is 0.840 bits per heavy atom. The van der Waals surface area contributed by atoms with Gasteiger partial charge in [-0.05, 0) is 149 Å². The summed E-state index contributed by atoms with van der Waals surface area (Å²) in [5, 5.41) is 57.3. The third-order valence-electron chi connectivity index (χ3n) is 22.9. The van der Waals surface area contributed by atoms with Crippen molar-refractivity contribution in [3.05, 3.63) is 451 Å². The molecule has 27 heteroatoms. The molecule has 0 aliphatic heterocycles. The van der Waals surface area contributed by atoms with Crippen LogP contribution in [0, 0.1) is 87.7 Å². The van der Waals surface area contributed by atoms with E-state index in [-0.39, 0.29) is 0 Å². The van der Waals surface area contributed by atoms with Crippen molar-refractivity contribution in [2.24, 2.45) is 0 Å². The van der Waals surface area contributed by atoms with Crippen molar-refractivity contribution < 1.29 is 0 Å². The van der Waals surface area contributed by atoms with E-state index in [1.165, 1.54) is 0 Å². The predicted octanol–water partition coefficient (Wildman–Crippen LogP) is 25.1. The molecule has 0 N–H and O–H groups in total. The smallest absolute Gasteiger partial charge is 0.212 e. The highest BCUT2D eigenvalue weighted by atomic mass is 15.1. The number of benzene rings is 9.